The summed E-state index contributed by atoms with van der Waals surface area (Å²) in [5, 5.41) is 0. The highest BCUT2D eigenvalue weighted by atomic mass is 32.2. The van der Waals surface area contributed by atoms with Crippen molar-refractivity contribution in [2.45, 2.75) is 32.4 Å². The van der Waals surface area contributed by atoms with Gasteiger partial charge in [0, 0.05) is 0 Å². The van der Waals surface area contributed by atoms with Crippen molar-refractivity contribution in [2.24, 2.45) is 5.92 Å². The molecule has 2 atom stereocenters. The second kappa shape index (κ2) is 8.44. The van der Waals surface area contributed by atoms with E-state index in [9.17, 15) is 22.2 Å². The van der Waals surface area contributed by atoms with Gasteiger partial charge in [-0.15, -0.1) is 0 Å². The van der Waals surface area contributed by atoms with Gasteiger partial charge in [0.25, 0.3) is 0 Å². The summed E-state index contributed by atoms with van der Waals surface area (Å²) in [4.78, 5) is 11.2. The number of carbonyl (C=O) groups excluding carboxylic acids is 1. The van der Waals surface area contributed by atoms with Crippen molar-refractivity contribution >= 4 is 17.3 Å². The number of carbonyl (C=O) groups is 1. The van der Waals surface area contributed by atoms with Gasteiger partial charge >= 0.3 is 23.5 Å². The maximum absolute atomic E-state index is 12.5. The number of ether oxygens (including phenoxy) is 1. The summed E-state index contributed by atoms with van der Waals surface area (Å²) in [5.41, 5.74) is 0. The Morgan fingerprint density at radius 2 is 2.00 bits per heavy atom. The summed E-state index contributed by atoms with van der Waals surface area (Å²) in [5.74, 6) is -3.54. The third kappa shape index (κ3) is 7.62. The second-order valence-corrected chi connectivity index (χ2v) is 4.11. The van der Waals surface area contributed by atoms with E-state index in [0.29, 0.717) is 6.42 Å². The molecule has 0 aromatic rings. The second-order valence-electron chi connectivity index (χ2n) is 3.44. The number of hydrogen-bond donors (Lipinski definition) is 1. The van der Waals surface area contributed by atoms with Gasteiger partial charge < -0.3 is 4.74 Å². The van der Waals surface area contributed by atoms with Crippen molar-refractivity contribution in [3.05, 3.63) is 0 Å². The predicted molar refractivity (Wildman–Crippen MR) is 56.8 cm³/mol. The molecule has 0 saturated heterocycles. The zero-order valence-corrected chi connectivity index (χ0v) is 10.6. The van der Waals surface area contributed by atoms with Crippen LogP contribution in [0.5, 0.6) is 0 Å². The van der Waals surface area contributed by atoms with Gasteiger partial charge in [0.2, 0.25) is 0 Å². The lowest BCUT2D eigenvalue weighted by molar-refractivity contribution is -0.199. The Labute approximate surface area is 105 Å². The van der Waals surface area contributed by atoms with Crippen LogP contribution in [0.1, 0.15) is 26.2 Å². The number of alkyl halides is 3. The SMILES string of the molecule is CCCCC(C(=O)OCCOS(=O)O)C(F)(F)F. The molecule has 0 aliphatic rings. The number of halogens is 3. The van der Waals surface area contributed by atoms with Crippen LogP contribution in [0.4, 0.5) is 13.2 Å². The number of esters is 1. The molecule has 0 aliphatic heterocycles. The van der Waals surface area contributed by atoms with Gasteiger partial charge in [-0.3, -0.25) is 13.5 Å². The molecule has 0 aromatic carbocycles. The van der Waals surface area contributed by atoms with Crippen molar-refractivity contribution in [3.8, 4) is 0 Å². The third-order valence-corrected chi connectivity index (χ3v) is 2.41. The number of hydrogen-bond acceptors (Lipinski definition) is 4. The van der Waals surface area contributed by atoms with Crippen molar-refractivity contribution in [1.29, 1.82) is 0 Å². The van der Waals surface area contributed by atoms with E-state index in [1.165, 1.54) is 0 Å². The highest BCUT2D eigenvalue weighted by Gasteiger charge is 2.45. The third-order valence-electron chi connectivity index (χ3n) is 2.04. The monoisotopic (exact) mass is 292 g/mol. The molecule has 0 spiro atoms. The first-order chi connectivity index (χ1) is 8.29. The summed E-state index contributed by atoms with van der Waals surface area (Å²) in [7, 11) is 0. The fourth-order valence-corrected chi connectivity index (χ4v) is 1.38. The first kappa shape index (κ1) is 17.3. The van der Waals surface area contributed by atoms with Gasteiger partial charge in [-0.05, 0) is 6.42 Å². The molecule has 0 fully saturated rings. The Hall–Kier alpha value is -0.670. The molecule has 0 rings (SSSR count). The zero-order chi connectivity index (χ0) is 14.2. The van der Waals surface area contributed by atoms with E-state index in [-0.39, 0.29) is 12.8 Å². The molecule has 0 bridgehead atoms. The van der Waals surface area contributed by atoms with Gasteiger partial charge in [0.05, 0.1) is 0 Å². The molecule has 18 heavy (non-hydrogen) atoms. The average Bonchev–Trinajstić information content (AvgIpc) is 2.22. The van der Waals surface area contributed by atoms with Gasteiger partial charge in [-0.1, -0.05) is 19.8 Å². The van der Waals surface area contributed by atoms with E-state index in [2.05, 4.69) is 8.92 Å². The minimum Gasteiger partial charge on any atom is -0.463 e. The molecule has 0 amide bonds. The van der Waals surface area contributed by atoms with Crippen LogP contribution in [0.3, 0.4) is 0 Å². The van der Waals surface area contributed by atoms with Crippen LogP contribution < -0.4 is 0 Å². The quantitative estimate of drug-likeness (QED) is 0.421. The van der Waals surface area contributed by atoms with Gasteiger partial charge in [0.1, 0.15) is 13.2 Å². The summed E-state index contributed by atoms with van der Waals surface area (Å²) in [6.45, 7) is 0.778. The molecule has 9 heteroatoms. The van der Waals surface area contributed by atoms with Gasteiger partial charge in [-0.2, -0.15) is 17.4 Å². The Morgan fingerprint density at radius 3 is 2.44 bits per heavy atom. The molecule has 0 saturated carbocycles. The smallest absolute Gasteiger partial charge is 0.402 e. The van der Waals surface area contributed by atoms with E-state index >= 15 is 0 Å². The summed E-state index contributed by atoms with van der Waals surface area (Å²) >= 11 is -2.53. The normalized spacial score (nSPS) is 15.2. The number of rotatable bonds is 8. The van der Waals surface area contributed by atoms with E-state index < -0.39 is 42.6 Å². The Balaban J connectivity index is 4.17. The molecule has 0 aliphatic carbocycles. The fourth-order valence-electron chi connectivity index (χ4n) is 1.17. The first-order valence-corrected chi connectivity index (χ1v) is 6.29. The Bertz CT molecular complexity index is 282. The zero-order valence-electron chi connectivity index (χ0n) is 9.74. The maximum atomic E-state index is 12.5. The van der Waals surface area contributed by atoms with Crippen molar-refractivity contribution in [1.82, 2.24) is 0 Å². The molecule has 0 heterocycles. The maximum Gasteiger partial charge on any atom is 0.402 e. The summed E-state index contributed by atoms with van der Waals surface area (Å²) in [6, 6.07) is 0. The van der Waals surface area contributed by atoms with Crippen molar-refractivity contribution in [3.63, 3.8) is 0 Å². The Kier molecular flexibility index (Phi) is 8.12. The standard InChI is InChI=1S/C9H15F3O5S/c1-2-3-4-7(9(10,11)12)8(13)16-5-6-17-18(14)15/h7H,2-6H2,1H3,(H,14,15). The predicted octanol–water partition coefficient (Wildman–Crippen LogP) is 2.05. The average molecular weight is 292 g/mol. The lowest BCUT2D eigenvalue weighted by Gasteiger charge is -2.18. The molecule has 2 unspecified atom stereocenters. The van der Waals surface area contributed by atoms with Crippen LogP contribution in [0, 0.1) is 5.92 Å². The molecule has 108 valence electrons. The van der Waals surface area contributed by atoms with E-state index in [1.807, 2.05) is 0 Å². The van der Waals surface area contributed by atoms with E-state index in [1.54, 1.807) is 6.92 Å². The topological polar surface area (TPSA) is 72.8 Å². The van der Waals surface area contributed by atoms with E-state index in [0.717, 1.165) is 0 Å². The fraction of sp³-hybridized carbons (Fsp3) is 0.889. The van der Waals surface area contributed by atoms with Gasteiger partial charge in [-0.25, -0.2) is 0 Å². The van der Waals surface area contributed by atoms with Crippen LogP contribution >= 0.6 is 0 Å². The van der Waals surface area contributed by atoms with Crippen LogP contribution in [-0.2, 0) is 25.1 Å². The van der Waals surface area contributed by atoms with E-state index in [4.69, 9.17) is 4.55 Å². The van der Waals surface area contributed by atoms with Crippen LogP contribution in [0.25, 0.3) is 0 Å². The lowest BCUT2D eigenvalue weighted by Crippen LogP contribution is -2.32. The minimum atomic E-state index is -4.65. The van der Waals surface area contributed by atoms with Crippen LogP contribution in [0.2, 0.25) is 0 Å². The molecule has 0 aromatic heterocycles. The summed E-state index contributed by atoms with van der Waals surface area (Å²) in [6.07, 6.45) is -4.18. The molecule has 0 radical (unpaired) electrons. The highest BCUT2D eigenvalue weighted by Crippen LogP contribution is 2.31. The van der Waals surface area contributed by atoms with Crippen LogP contribution in [0.15, 0.2) is 0 Å². The van der Waals surface area contributed by atoms with Crippen LogP contribution in [-0.4, -0.2) is 34.1 Å². The molecule has 1 N–H and O–H groups in total. The van der Waals surface area contributed by atoms with Crippen molar-refractivity contribution < 1.29 is 35.6 Å². The van der Waals surface area contributed by atoms with Gasteiger partial charge in [0.15, 0.2) is 5.92 Å². The number of unbranched alkanes of at least 4 members (excludes halogenated alkanes) is 1. The molecular weight excluding hydrogens is 277 g/mol. The lowest BCUT2D eigenvalue weighted by atomic mass is 10.0. The minimum absolute atomic E-state index is 0.260. The largest absolute Gasteiger partial charge is 0.463 e. The summed E-state index contributed by atoms with van der Waals surface area (Å²) < 4.78 is 64.2. The Morgan fingerprint density at radius 1 is 1.39 bits per heavy atom. The molecule has 5 nitrogen and oxygen atoms in total. The highest BCUT2D eigenvalue weighted by molar-refractivity contribution is 7.74. The van der Waals surface area contributed by atoms with Crippen molar-refractivity contribution in [2.75, 3.05) is 13.2 Å². The molecular formula is C9H15F3O5S. The first-order valence-electron chi connectivity index (χ1n) is 5.26.